The van der Waals surface area contributed by atoms with Crippen molar-refractivity contribution in [3.05, 3.63) is 76.4 Å². The van der Waals surface area contributed by atoms with E-state index in [1.54, 1.807) is 0 Å². The second kappa shape index (κ2) is 9.54. The maximum atomic E-state index is 13.6. The first-order valence-corrected chi connectivity index (χ1v) is 11.0. The van der Waals surface area contributed by atoms with Crippen molar-refractivity contribution in [1.82, 2.24) is 0 Å². The number of nitrogens with one attached hydrogen (secondary N) is 2. The predicted octanol–water partition coefficient (Wildman–Crippen LogP) is 4.04. The lowest BCUT2D eigenvalue weighted by atomic mass is 10.2. The topological polar surface area (TPSA) is 102 Å². The third-order valence-corrected chi connectivity index (χ3v) is 6.72. The second-order valence-corrected chi connectivity index (χ2v) is 9.01. The zero-order chi connectivity index (χ0) is 24.3. The maximum absolute atomic E-state index is 13.6. The van der Waals surface area contributed by atoms with Gasteiger partial charge in [0.25, 0.3) is 15.9 Å². The number of sulfonamides is 1. The standard InChI is InChI=1S/C19H11F5N2O5S2/c20-13-14(21)16(23)18(17(24)15(13)22)25-11(27)8-31-19(28)9-4-1-2-5-10(9)26-33(29,30)12-6-3-7-32-12/h1-7,26H,8H2,(H,25,27). The quantitative estimate of drug-likeness (QED) is 0.218. The fourth-order valence-corrected chi connectivity index (χ4v) is 4.53. The molecule has 2 N–H and O–H groups in total. The lowest BCUT2D eigenvalue weighted by Gasteiger charge is -2.12. The Hall–Kier alpha value is -3.52. The fourth-order valence-electron chi connectivity index (χ4n) is 2.46. The molecule has 0 bridgehead atoms. The molecule has 1 amide bonds. The van der Waals surface area contributed by atoms with E-state index in [1.807, 2.05) is 0 Å². The summed E-state index contributed by atoms with van der Waals surface area (Å²) >= 11 is 0.926. The number of anilines is 2. The molecule has 7 nitrogen and oxygen atoms in total. The van der Waals surface area contributed by atoms with Crippen LogP contribution in [0.2, 0.25) is 0 Å². The minimum Gasteiger partial charge on any atom is -0.452 e. The first-order valence-electron chi connectivity index (χ1n) is 8.66. The summed E-state index contributed by atoms with van der Waals surface area (Å²) in [5.41, 5.74) is -2.10. The maximum Gasteiger partial charge on any atom is 0.340 e. The summed E-state index contributed by atoms with van der Waals surface area (Å²) in [6.07, 6.45) is 0. The number of carbonyl (C=O) groups is 2. The summed E-state index contributed by atoms with van der Waals surface area (Å²) in [5.74, 6) is -14.1. The minimum atomic E-state index is -4.02. The average Bonchev–Trinajstić information content (AvgIpc) is 3.34. The molecule has 1 aromatic heterocycles. The molecule has 14 heteroatoms. The molecule has 0 spiro atoms. The Morgan fingerprint density at radius 2 is 1.48 bits per heavy atom. The van der Waals surface area contributed by atoms with Crippen LogP contribution in [0.3, 0.4) is 0 Å². The van der Waals surface area contributed by atoms with Crippen LogP contribution in [-0.4, -0.2) is 26.9 Å². The smallest absolute Gasteiger partial charge is 0.340 e. The highest BCUT2D eigenvalue weighted by molar-refractivity contribution is 7.94. The van der Waals surface area contributed by atoms with Crippen LogP contribution in [0.25, 0.3) is 0 Å². The number of amides is 1. The fraction of sp³-hybridized carbons (Fsp3) is 0.0526. The Labute approximate surface area is 186 Å². The first kappa shape index (κ1) is 24.1. The van der Waals surface area contributed by atoms with Crippen molar-refractivity contribution in [1.29, 1.82) is 0 Å². The molecule has 1 heterocycles. The van der Waals surface area contributed by atoms with Gasteiger partial charge in [0.05, 0.1) is 11.3 Å². The number of esters is 1. The average molecular weight is 506 g/mol. The zero-order valence-corrected chi connectivity index (χ0v) is 17.6. The molecule has 33 heavy (non-hydrogen) atoms. The Balaban J connectivity index is 1.72. The molecule has 0 unspecified atom stereocenters. The SMILES string of the molecule is O=C(COC(=O)c1ccccc1NS(=O)(=O)c1cccs1)Nc1c(F)c(F)c(F)c(F)c1F. The highest BCUT2D eigenvalue weighted by Crippen LogP contribution is 2.27. The third-order valence-electron chi connectivity index (χ3n) is 3.96. The number of benzene rings is 2. The molecule has 3 rings (SSSR count). The Morgan fingerprint density at radius 1 is 0.879 bits per heavy atom. The van der Waals surface area contributed by atoms with Gasteiger partial charge in [-0.15, -0.1) is 11.3 Å². The van der Waals surface area contributed by atoms with Crippen molar-refractivity contribution in [2.75, 3.05) is 16.6 Å². The van der Waals surface area contributed by atoms with Crippen molar-refractivity contribution in [3.63, 3.8) is 0 Å². The molecule has 0 saturated carbocycles. The van der Waals surface area contributed by atoms with Gasteiger partial charge in [0.1, 0.15) is 9.90 Å². The van der Waals surface area contributed by atoms with E-state index < -0.39 is 63.3 Å². The van der Waals surface area contributed by atoms with Gasteiger partial charge in [-0.3, -0.25) is 9.52 Å². The highest BCUT2D eigenvalue weighted by atomic mass is 32.2. The second-order valence-electron chi connectivity index (χ2n) is 6.15. The molecule has 3 aromatic rings. The molecule has 0 atom stereocenters. The van der Waals surface area contributed by atoms with Gasteiger partial charge in [-0.2, -0.15) is 0 Å². The first-order chi connectivity index (χ1) is 15.5. The lowest BCUT2D eigenvalue weighted by molar-refractivity contribution is -0.119. The summed E-state index contributed by atoms with van der Waals surface area (Å²) in [4.78, 5) is 24.2. The molecule has 0 aliphatic carbocycles. The predicted molar refractivity (Wildman–Crippen MR) is 107 cm³/mol. The number of carbonyl (C=O) groups excluding carboxylic acids is 2. The molecule has 0 fully saturated rings. The lowest BCUT2D eigenvalue weighted by Crippen LogP contribution is -2.23. The van der Waals surface area contributed by atoms with Crippen molar-refractivity contribution >= 4 is 44.6 Å². The number of halogens is 5. The molecule has 0 aliphatic heterocycles. The number of hydrogen-bond acceptors (Lipinski definition) is 6. The number of ether oxygens (including phenoxy) is 1. The van der Waals surface area contributed by atoms with E-state index in [9.17, 15) is 40.0 Å². The van der Waals surface area contributed by atoms with E-state index in [0.717, 1.165) is 11.3 Å². The van der Waals surface area contributed by atoms with Crippen LogP contribution in [0.1, 0.15) is 10.4 Å². The van der Waals surface area contributed by atoms with E-state index >= 15 is 0 Å². The van der Waals surface area contributed by atoms with Crippen molar-refractivity contribution in [2.24, 2.45) is 0 Å². The van der Waals surface area contributed by atoms with Crippen LogP contribution in [-0.2, 0) is 19.6 Å². The van der Waals surface area contributed by atoms with Crippen LogP contribution in [0.15, 0.2) is 46.0 Å². The molecular formula is C19H11F5N2O5S2. The molecule has 2 aromatic carbocycles. The van der Waals surface area contributed by atoms with Gasteiger partial charge >= 0.3 is 5.97 Å². The van der Waals surface area contributed by atoms with Gasteiger partial charge in [-0.05, 0) is 23.6 Å². The molecule has 0 saturated heterocycles. The van der Waals surface area contributed by atoms with Crippen LogP contribution in [0.5, 0.6) is 0 Å². The van der Waals surface area contributed by atoms with Gasteiger partial charge < -0.3 is 10.1 Å². The molecular weight excluding hydrogens is 495 g/mol. The third kappa shape index (κ3) is 5.12. The monoisotopic (exact) mass is 506 g/mol. The number of para-hydroxylation sites is 1. The van der Waals surface area contributed by atoms with Gasteiger partial charge in [0, 0.05) is 0 Å². The Kier molecular flexibility index (Phi) is 6.98. The summed E-state index contributed by atoms with van der Waals surface area (Å²) in [6, 6.07) is 8.04. The summed E-state index contributed by atoms with van der Waals surface area (Å²) in [5, 5.41) is 2.97. The van der Waals surface area contributed by atoms with E-state index in [0.29, 0.717) is 0 Å². The van der Waals surface area contributed by atoms with Gasteiger partial charge in [0.15, 0.2) is 29.9 Å². The van der Waals surface area contributed by atoms with Gasteiger partial charge in [0.2, 0.25) is 5.82 Å². The van der Waals surface area contributed by atoms with Crippen LogP contribution in [0.4, 0.5) is 33.3 Å². The van der Waals surface area contributed by atoms with E-state index in [4.69, 9.17) is 0 Å². The molecule has 174 valence electrons. The van der Waals surface area contributed by atoms with E-state index in [2.05, 4.69) is 9.46 Å². The summed E-state index contributed by atoms with van der Waals surface area (Å²) < 4.78 is 98.4. The highest BCUT2D eigenvalue weighted by Gasteiger charge is 2.27. The van der Waals surface area contributed by atoms with Crippen molar-refractivity contribution < 1.29 is 44.7 Å². The van der Waals surface area contributed by atoms with Crippen LogP contribution in [0, 0.1) is 29.1 Å². The van der Waals surface area contributed by atoms with Crippen LogP contribution >= 0.6 is 11.3 Å². The van der Waals surface area contributed by atoms with Crippen molar-refractivity contribution in [3.8, 4) is 0 Å². The molecule has 0 aliphatic rings. The summed E-state index contributed by atoms with van der Waals surface area (Å²) in [7, 11) is -4.02. The summed E-state index contributed by atoms with van der Waals surface area (Å²) in [6.45, 7) is -1.18. The normalized spacial score (nSPS) is 11.2. The van der Waals surface area contributed by atoms with E-state index in [1.165, 1.54) is 47.1 Å². The number of thiophene rings is 1. The van der Waals surface area contributed by atoms with Gasteiger partial charge in [-0.25, -0.2) is 35.2 Å². The Bertz CT molecular complexity index is 1300. The number of rotatable bonds is 7. The number of hydrogen-bond donors (Lipinski definition) is 2. The van der Waals surface area contributed by atoms with Crippen molar-refractivity contribution in [2.45, 2.75) is 4.21 Å². The van der Waals surface area contributed by atoms with E-state index in [-0.39, 0.29) is 15.5 Å². The van der Waals surface area contributed by atoms with Gasteiger partial charge in [-0.1, -0.05) is 18.2 Å². The Morgan fingerprint density at radius 3 is 2.09 bits per heavy atom. The largest absolute Gasteiger partial charge is 0.452 e. The minimum absolute atomic E-state index is 0.0344. The van der Waals surface area contributed by atoms with Crippen LogP contribution < -0.4 is 10.0 Å². The molecule has 0 radical (unpaired) electrons. The zero-order valence-electron chi connectivity index (χ0n) is 16.0.